The number of aromatic nitrogens is 1. The fourth-order valence-corrected chi connectivity index (χ4v) is 4.31. The van der Waals surface area contributed by atoms with Crippen LogP contribution < -0.4 is 5.73 Å². The van der Waals surface area contributed by atoms with Crippen molar-refractivity contribution in [2.75, 3.05) is 18.8 Å². The monoisotopic (exact) mass is 293 g/mol. The highest BCUT2D eigenvalue weighted by Gasteiger charge is 2.30. The van der Waals surface area contributed by atoms with Crippen molar-refractivity contribution in [2.45, 2.75) is 24.7 Å². The van der Waals surface area contributed by atoms with E-state index in [1.165, 1.54) is 0 Å². The number of hydrogen-bond acceptors (Lipinski definition) is 3. The summed E-state index contributed by atoms with van der Waals surface area (Å²) in [6.45, 7) is 3.35. The van der Waals surface area contributed by atoms with Gasteiger partial charge in [-0.3, -0.25) is 0 Å². The number of fused-ring (bicyclic) bond motifs is 1. The zero-order valence-electron chi connectivity index (χ0n) is 11.5. The van der Waals surface area contributed by atoms with E-state index in [9.17, 15) is 8.42 Å². The van der Waals surface area contributed by atoms with Crippen LogP contribution in [0.25, 0.3) is 10.9 Å². The smallest absolute Gasteiger partial charge is 0.245 e. The molecule has 2 aromatic rings. The molecule has 1 aromatic heterocycles. The van der Waals surface area contributed by atoms with E-state index in [-0.39, 0.29) is 0 Å². The van der Waals surface area contributed by atoms with Gasteiger partial charge in [0, 0.05) is 35.9 Å². The minimum atomic E-state index is -3.44. The lowest BCUT2D eigenvalue weighted by molar-refractivity contribution is 0.288. The Morgan fingerprint density at radius 1 is 1.30 bits per heavy atom. The molecule has 3 N–H and O–H groups in total. The highest BCUT2D eigenvalue weighted by molar-refractivity contribution is 7.89. The molecule has 0 aliphatic carbocycles. The molecule has 0 amide bonds. The maximum absolute atomic E-state index is 12.7. The van der Waals surface area contributed by atoms with Gasteiger partial charge in [0.05, 0.1) is 0 Å². The van der Waals surface area contributed by atoms with Gasteiger partial charge in [0.15, 0.2) is 0 Å². The minimum Gasteiger partial charge on any atom is -0.399 e. The molecule has 2 heterocycles. The van der Waals surface area contributed by atoms with Crippen molar-refractivity contribution < 1.29 is 8.42 Å². The number of benzene rings is 1. The molecular formula is C14H19N3O2S. The first kappa shape index (κ1) is 13.5. The second-order valence-electron chi connectivity index (χ2n) is 5.54. The van der Waals surface area contributed by atoms with Crippen LogP contribution in [0.2, 0.25) is 0 Å². The number of nitrogens with two attached hydrogens (primary N) is 1. The zero-order valence-corrected chi connectivity index (χ0v) is 12.3. The number of rotatable bonds is 2. The standard InChI is InChI=1S/C14H19N3O2S/c1-10-4-6-17(7-5-10)20(18,19)14-9-16-13-3-2-11(15)8-12(13)14/h2-3,8-10,16H,4-7,15H2,1H3. The number of nitrogens with zero attached hydrogens (tertiary/aromatic N) is 1. The number of H-pyrrole nitrogens is 1. The van der Waals surface area contributed by atoms with Crippen LogP contribution in [0.5, 0.6) is 0 Å². The average Bonchev–Trinajstić information content (AvgIpc) is 2.82. The Hall–Kier alpha value is -1.53. The predicted molar refractivity (Wildman–Crippen MR) is 79.9 cm³/mol. The molecule has 0 unspecified atom stereocenters. The van der Waals surface area contributed by atoms with Crippen molar-refractivity contribution in [3.05, 3.63) is 24.4 Å². The largest absolute Gasteiger partial charge is 0.399 e. The first-order valence-corrected chi connectivity index (χ1v) is 8.29. The molecule has 0 radical (unpaired) electrons. The summed E-state index contributed by atoms with van der Waals surface area (Å²) in [7, 11) is -3.44. The summed E-state index contributed by atoms with van der Waals surface area (Å²) in [6.07, 6.45) is 3.41. The van der Waals surface area contributed by atoms with Gasteiger partial charge in [-0.05, 0) is 37.0 Å². The molecule has 1 aliphatic heterocycles. The van der Waals surface area contributed by atoms with E-state index >= 15 is 0 Å². The van der Waals surface area contributed by atoms with Crippen LogP contribution in [0.1, 0.15) is 19.8 Å². The van der Waals surface area contributed by atoms with Crippen molar-refractivity contribution >= 4 is 26.6 Å². The average molecular weight is 293 g/mol. The zero-order chi connectivity index (χ0) is 14.3. The van der Waals surface area contributed by atoms with Crippen LogP contribution >= 0.6 is 0 Å². The van der Waals surface area contributed by atoms with E-state index in [0.717, 1.165) is 18.4 Å². The van der Waals surface area contributed by atoms with Crippen molar-refractivity contribution in [2.24, 2.45) is 5.92 Å². The molecule has 5 nitrogen and oxygen atoms in total. The van der Waals surface area contributed by atoms with Crippen LogP contribution in [-0.4, -0.2) is 30.8 Å². The summed E-state index contributed by atoms with van der Waals surface area (Å²) in [5.41, 5.74) is 7.13. The first-order chi connectivity index (χ1) is 9.48. The minimum absolute atomic E-state index is 0.328. The van der Waals surface area contributed by atoms with E-state index < -0.39 is 10.0 Å². The fraction of sp³-hybridized carbons (Fsp3) is 0.429. The molecule has 0 saturated carbocycles. The molecule has 1 aromatic carbocycles. The van der Waals surface area contributed by atoms with Gasteiger partial charge in [-0.25, -0.2) is 8.42 Å². The second-order valence-corrected chi connectivity index (χ2v) is 7.45. The molecule has 6 heteroatoms. The predicted octanol–water partition coefficient (Wildman–Crippen LogP) is 2.17. The molecule has 0 spiro atoms. The molecule has 20 heavy (non-hydrogen) atoms. The highest BCUT2D eigenvalue weighted by Crippen LogP contribution is 2.29. The van der Waals surface area contributed by atoms with Gasteiger partial charge in [0.2, 0.25) is 10.0 Å². The van der Waals surface area contributed by atoms with Crippen molar-refractivity contribution in [1.82, 2.24) is 9.29 Å². The fourth-order valence-electron chi connectivity index (χ4n) is 2.69. The maximum atomic E-state index is 12.7. The Morgan fingerprint density at radius 2 is 2.00 bits per heavy atom. The molecule has 0 bridgehead atoms. The third-order valence-electron chi connectivity index (χ3n) is 4.03. The number of hydrogen-bond donors (Lipinski definition) is 2. The Morgan fingerprint density at radius 3 is 2.70 bits per heavy atom. The number of anilines is 1. The Kier molecular flexibility index (Phi) is 3.22. The van der Waals surface area contributed by atoms with Crippen LogP contribution in [0.4, 0.5) is 5.69 Å². The topological polar surface area (TPSA) is 79.2 Å². The van der Waals surface area contributed by atoms with Gasteiger partial charge in [-0.15, -0.1) is 0 Å². The molecule has 3 rings (SSSR count). The number of aromatic amines is 1. The summed E-state index contributed by atoms with van der Waals surface area (Å²) < 4.78 is 27.1. The van der Waals surface area contributed by atoms with Crippen molar-refractivity contribution in [1.29, 1.82) is 0 Å². The normalized spacial score (nSPS) is 18.6. The molecule has 1 aliphatic rings. The Bertz CT molecular complexity index is 728. The summed E-state index contributed by atoms with van der Waals surface area (Å²) in [4.78, 5) is 3.34. The highest BCUT2D eigenvalue weighted by atomic mass is 32.2. The number of nitrogen functional groups attached to an aromatic ring is 1. The van der Waals surface area contributed by atoms with Gasteiger partial charge < -0.3 is 10.7 Å². The maximum Gasteiger partial charge on any atom is 0.245 e. The SMILES string of the molecule is CC1CCN(S(=O)(=O)c2c[nH]c3ccc(N)cc23)CC1. The molecule has 1 fully saturated rings. The summed E-state index contributed by atoms with van der Waals surface area (Å²) in [6, 6.07) is 5.28. The van der Waals surface area contributed by atoms with E-state index in [0.29, 0.717) is 35.0 Å². The Labute approximate surface area is 118 Å². The van der Waals surface area contributed by atoms with Gasteiger partial charge in [-0.2, -0.15) is 4.31 Å². The summed E-state index contributed by atoms with van der Waals surface area (Å²) in [5.74, 6) is 0.597. The lowest BCUT2D eigenvalue weighted by atomic mass is 10.0. The van der Waals surface area contributed by atoms with Crippen LogP contribution in [0, 0.1) is 5.92 Å². The van der Waals surface area contributed by atoms with E-state index in [1.807, 2.05) is 6.07 Å². The van der Waals surface area contributed by atoms with Crippen molar-refractivity contribution in [3.63, 3.8) is 0 Å². The number of nitrogens with one attached hydrogen (secondary N) is 1. The van der Waals surface area contributed by atoms with Crippen molar-refractivity contribution in [3.8, 4) is 0 Å². The second kappa shape index (κ2) is 4.79. The van der Waals surface area contributed by atoms with E-state index in [4.69, 9.17) is 5.73 Å². The van der Waals surface area contributed by atoms with Crippen LogP contribution in [0.15, 0.2) is 29.3 Å². The van der Waals surface area contributed by atoms with E-state index in [2.05, 4.69) is 11.9 Å². The van der Waals surface area contributed by atoms with E-state index in [1.54, 1.807) is 22.6 Å². The first-order valence-electron chi connectivity index (χ1n) is 6.85. The quantitative estimate of drug-likeness (QED) is 0.833. The van der Waals surface area contributed by atoms with Crippen LogP contribution in [0.3, 0.4) is 0 Å². The molecule has 108 valence electrons. The van der Waals surface area contributed by atoms with Crippen LogP contribution in [-0.2, 0) is 10.0 Å². The lowest BCUT2D eigenvalue weighted by Crippen LogP contribution is -2.37. The number of sulfonamides is 1. The van der Waals surface area contributed by atoms with Gasteiger partial charge in [0.1, 0.15) is 4.90 Å². The number of piperidine rings is 1. The molecule has 0 atom stereocenters. The van der Waals surface area contributed by atoms with Gasteiger partial charge >= 0.3 is 0 Å². The van der Waals surface area contributed by atoms with Gasteiger partial charge in [0.25, 0.3) is 0 Å². The molecule has 1 saturated heterocycles. The third kappa shape index (κ3) is 2.19. The molecular weight excluding hydrogens is 274 g/mol. The summed E-state index contributed by atoms with van der Waals surface area (Å²) in [5, 5.41) is 0.670. The lowest BCUT2D eigenvalue weighted by Gasteiger charge is -2.29. The Balaban J connectivity index is 2.03. The van der Waals surface area contributed by atoms with Gasteiger partial charge in [-0.1, -0.05) is 6.92 Å². The third-order valence-corrected chi connectivity index (χ3v) is 5.97. The summed E-state index contributed by atoms with van der Waals surface area (Å²) >= 11 is 0.